The summed E-state index contributed by atoms with van der Waals surface area (Å²) in [6.07, 6.45) is 6.35. The monoisotopic (exact) mass is 373 g/mol. The summed E-state index contributed by atoms with van der Waals surface area (Å²) < 4.78 is 7.95. The van der Waals surface area contributed by atoms with Crippen molar-refractivity contribution in [2.45, 2.75) is 72.4 Å². The van der Waals surface area contributed by atoms with E-state index in [1.807, 2.05) is 20.8 Å². The van der Waals surface area contributed by atoms with E-state index in [-0.39, 0.29) is 0 Å². The number of pyridine rings is 1. The number of nitrogen functional groups attached to an aromatic ring is 1. The highest BCUT2D eigenvalue weighted by atomic mass is 16.6. The average Bonchev–Trinajstić information content (AvgIpc) is 3.02. The van der Waals surface area contributed by atoms with E-state index in [2.05, 4.69) is 14.7 Å². The Balaban J connectivity index is 1.85. The Morgan fingerprint density at radius 3 is 2.78 bits per heavy atom. The van der Waals surface area contributed by atoms with Crippen molar-refractivity contribution < 1.29 is 9.57 Å². The lowest BCUT2D eigenvalue weighted by molar-refractivity contribution is 0.124. The number of hydrogen-bond acceptors (Lipinski definition) is 6. The van der Waals surface area contributed by atoms with Crippen molar-refractivity contribution in [1.82, 2.24) is 14.5 Å². The SMILES string of the molecule is CCOCc1nc2c(N)nc3c(c2n1CCCCON=C(C)C)CCCC3. The third-order valence-electron chi connectivity index (χ3n) is 4.82. The van der Waals surface area contributed by atoms with Crippen LogP contribution in [-0.4, -0.2) is 33.5 Å². The van der Waals surface area contributed by atoms with E-state index in [4.69, 9.17) is 20.3 Å². The fourth-order valence-electron chi connectivity index (χ4n) is 3.61. The number of ether oxygens (including phenoxy) is 1. The summed E-state index contributed by atoms with van der Waals surface area (Å²) in [6.45, 7) is 8.51. The summed E-state index contributed by atoms with van der Waals surface area (Å²) in [5.74, 6) is 1.47. The molecule has 2 N–H and O–H groups in total. The molecule has 3 rings (SSSR count). The molecule has 0 fully saturated rings. The summed E-state index contributed by atoms with van der Waals surface area (Å²) in [5, 5.41) is 3.99. The van der Waals surface area contributed by atoms with Crippen molar-refractivity contribution in [3.05, 3.63) is 17.1 Å². The lowest BCUT2D eigenvalue weighted by Gasteiger charge is -2.18. The van der Waals surface area contributed by atoms with Crippen molar-refractivity contribution in [2.75, 3.05) is 18.9 Å². The molecular weight excluding hydrogens is 342 g/mol. The van der Waals surface area contributed by atoms with Crippen molar-refractivity contribution in [3.8, 4) is 0 Å². The van der Waals surface area contributed by atoms with Crippen LogP contribution in [0.2, 0.25) is 0 Å². The molecule has 7 heteroatoms. The van der Waals surface area contributed by atoms with E-state index in [9.17, 15) is 0 Å². The maximum atomic E-state index is 6.25. The van der Waals surface area contributed by atoms with E-state index in [0.717, 1.165) is 60.5 Å². The summed E-state index contributed by atoms with van der Waals surface area (Å²) >= 11 is 0. The van der Waals surface area contributed by atoms with E-state index in [1.165, 1.54) is 18.4 Å². The lowest BCUT2D eigenvalue weighted by Crippen LogP contribution is -2.12. The van der Waals surface area contributed by atoms with Gasteiger partial charge in [-0.3, -0.25) is 0 Å². The third-order valence-corrected chi connectivity index (χ3v) is 4.82. The van der Waals surface area contributed by atoms with Crippen LogP contribution in [0, 0.1) is 0 Å². The standard InChI is InChI=1S/C20H31N5O2/c1-4-26-13-17-23-18-19(15-9-5-6-10-16(15)22-20(18)21)25(17)11-7-8-12-27-24-14(2)3/h4-13H2,1-3H3,(H2,21,22). The predicted molar refractivity (Wildman–Crippen MR) is 108 cm³/mol. The molecule has 0 saturated carbocycles. The number of nitrogens with zero attached hydrogens (tertiary/aromatic N) is 4. The second-order valence-electron chi connectivity index (χ2n) is 7.22. The van der Waals surface area contributed by atoms with Gasteiger partial charge in [0.1, 0.15) is 24.6 Å². The normalized spacial score (nSPS) is 13.6. The molecule has 2 aromatic rings. The summed E-state index contributed by atoms with van der Waals surface area (Å²) in [7, 11) is 0. The number of imidazole rings is 1. The zero-order valence-corrected chi connectivity index (χ0v) is 16.8. The molecular formula is C20H31N5O2. The molecule has 0 aliphatic heterocycles. The van der Waals surface area contributed by atoms with E-state index in [0.29, 0.717) is 25.6 Å². The van der Waals surface area contributed by atoms with Gasteiger partial charge in [0.05, 0.1) is 11.2 Å². The first-order chi connectivity index (χ1) is 13.1. The van der Waals surface area contributed by atoms with Gasteiger partial charge >= 0.3 is 0 Å². The van der Waals surface area contributed by atoms with Gasteiger partial charge in [-0.05, 0) is 64.9 Å². The van der Waals surface area contributed by atoms with Gasteiger partial charge < -0.3 is 19.9 Å². The van der Waals surface area contributed by atoms with Gasteiger partial charge in [0.25, 0.3) is 0 Å². The molecule has 0 bridgehead atoms. The maximum absolute atomic E-state index is 6.25. The Bertz CT molecular complexity index is 809. The number of fused-ring (bicyclic) bond motifs is 3. The molecule has 2 heterocycles. The largest absolute Gasteiger partial charge is 0.396 e. The van der Waals surface area contributed by atoms with Gasteiger partial charge in [-0.1, -0.05) is 5.16 Å². The fourth-order valence-corrected chi connectivity index (χ4v) is 3.61. The number of hydrogen-bond donors (Lipinski definition) is 1. The number of anilines is 1. The number of nitrogens with two attached hydrogens (primary N) is 1. The molecule has 27 heavy (non-hydrogen) atoms. The number of aromatic nitrogens is 3. The van der Waals surface area contributed by atoms with E-state index >= 15 is 0 Å². The zero-order valence-electron chi connectivity index (χ0n) is 16.8. The lowest BCUT2D eigenvalue weighted by atomic mass is 9.95. The highest BCUT2D eigenvalue weighted by Gasteiger charge is 2.22. The Hall–Kier alpha value is -2.15. The van der Waals surface area contributed by atoms with Crippen molar-refractivity contribution >= 4 is 22.6 Å². The van der Waals surface area contributed by atoms with Gasteiger partial charge in [-0.25, -0.2) is 9.97 Å². The summed E-state index contributed by atoms with van der Waals surface area (Å²) in [6, 6.07) is 0. The minimum Gasteiger partial charge on any atom is -0.396 e. The Labute approximate surface area is 160 Å². The first-order valence-corrected chi connectivity index (χ1v) is 9.99. The molecule has 0 radical (unpaired) electrons. The Morgan fingerprint density at radius 2 is 2.00 bits per heavy atom. The number of unbranched alkanes of at least 4 members (excludes halogenated alkanes) is 1. The molecule has 0 spiro atoms. The molecule has 7 nitrogen and oxygen atoms in total. The second-order valence-corrected chi connectivity index (χ2v) is 7.22. The van der Waals surface area contributed by atoms with Crippen LogP contribution >= 0.6 is 0 Å². The van der Waals surface area contributed by atoms with Gasteiger partial charge in [-0.15, -0.1) is 0 Å². The Kier molecular flexibility index (Phi) is 6.66. The molecule has 148 valence electrons. The van der Waals surface area contributed by atoms with Crippen LogP contribution in [0.3, 0.4) is 0 Å². The van der Waals surface area contributed by atoms with Crippen LogP contribution in [0.4, 0.5) is 5.82 Å². The van der Waals surface area contributed by atoms with Crippen LogP contribution in [-0.2, 0) is 35.6 Å². The van der Waals surface area contributed by atoms with Crippen molar-refractivity contribution in [3.63, 3.8) is 0 Å². The Morgan fingerprint density at radius 1 is 1.19 bits per heavy atom. The maximum Gasteiger partial charge on any atom is 0.151 e. The third kappa shape index (κ3) is 4.58. The van der Waals surface area contributed by atoms with Gasteiger partial charge in [-0.2, -0.15) is 0 Å². The van der Waals surface area contributed by atoms with E-state index < -0.39 is 0 Å². The number of oxime groups is 1. The molecule has 1 aliphatic rings. The summed E-state index contributed by atoms with van der Waals surface area (Å²) in [5.41, 5.74) is 11.6. The highest BCUT2D eigenvalue weighted by molar-refractivity contribution is 5.89. The van der Waals surface area contributed by atoms with Gasteiger partial charge in [0.2, 0.25) is 0 Å². The quantitative estimate of drug-likeness (QED) is 0.412. The second kappa shape index (κ2) is 9.17. The van der Waals surface area contributed by atoms with Crippen LogP contribution in [0.5, 0.6) is 0 Å². The average molecular weight is 374 g/mol. The predicted octanol–water partition coefficient (Wildman–Crippen LogP) is 3.62. The van der Waals surface area contributed by atoms with Crippen LogP contribution < -0.4 is 5.73 Å². The van der Waals surface area contributed by atoms with Crippen LogP contribution in [0.25, 0.3) is 11.0 Å². The minimum atomic E-state index is 0.495. The number of rotatable bonds is 9. The topological polar surface area (TPSA) is 87.6 Å². The zero-order chi connectivity index (χ0) is 19.2. The molecule has 1 aliphatic carbocycles. The highest BCUT2D eigenvalue weighted by Crippen LogP contribution is 2.32. The minimum absolute atomic E-state index is 0.495. The van der Waals surface area contributed by atoms with Crippen molar-refractivity contribution in [1.29, 1.82) is 0 Å². The smallest absolute Gasteiger partial charge is 0.151 e. The molecule has 0 unspecified atom stereocenters. The molecule has 0 atom stereocenters. The summed E-state index contributed by atoms with van der Waals surface area (Å²) in [4.78, 5) is 14.7. The van der Waals surface area contributed by atoms with Crippen LogP contribution in [0.1, 0.15) is 63.5 Å². The molecule has 0 aromatic carbocycles. The van der Waals surface area contributed by atoms with Crippen LogP contribution in [0.15, 0.2) is 5.16 Å². The molecule has 2 aromatic heterocycles. The van der Waals surface area contributed by atoms with Gasteiger partial charge in [0, 0.05) is 18.8 Å². The first kappa shape index (κ1) is 19.6. The number of aryl methyl sites for hydroxylation is 3. The van der Waals surface area contributed by atoms with Crippen molar-refractivity contribution in [2.24, 2.45) is 5.16 Å². The fraction of sp³-hybridized carbons (Fsp3) is 0.650. The molecule has 0 amide bonds. The first-order valence-electron chi connectivity index (χ1n) is 9.99. The van der Waals surface area contributed by atoms with Gasteiger partial charge in [0.15, 0.2) is 5.82 Å². The molecule has 0 saturated heterocycles. The van der Waals surface area contributed by atoms with E-state index in [1.54, 1.807) is 0 Å².